The number of hydrogen-bond acceptors (Lipinski definition) is 3. The van der Waals surface area contributed by atoms with Gasteiger partial charge in [0.25, 0.3) is 0 Å². The third kappa shape index (κ3) is 4.38. The van der Waals surface area contributed by atoms with Gasteiger partial charge in [-0.3, -0.25) is 0 Å². The van der Waals surface area contributed by atoms with Crippen LogP contribution in [0, 0.1) is 25.2 Å². The van der Waals surface area contributed by atoms with Gasteiger partial charge >= 0.3 is 0 Å². The number of rotatable bonds is 6. The molecule has 1 aromatic rings. The zero-order valence-electron chi connectivity index (χ0n) is 11.7. The normalized spacial score (nSPS) is 10.4. The van der Waals surface area contributed by atoms with Crippen molar-refractivity contribution in [2.24, 2.45) is 0 Å². The van der Waals surface area contributed by atoms with Gasteiger partial charge in [-0.05, 0) is 50.1 Å². The first-order chi connectivity index (χ1) is 8.54. The Bertz CT molecular complexity index is 410. The Labute approximate surface area is 110 Å². The van der Waals surface area contributed by atoms with E-state index in [9.17, 15) is 0 Å². The van der Waals surface area contributed by atoms with Gasteiger partial charge in [0.05, 0.1) is 18.2 Å². The Hall–Kier alpha value is -1.53. The molecule has 0 bridgehead atoms. The Balaban J connectivity index is 2.50. The van der Waals surface area contributed by atoms with Crippen LogP contribution in [0.15, 0.2) is 12.1 Å². The molecule has 0 spiro atoms. The second kappa shape index (κ2) is 7.03. The lowest BCUT2D eigenvalue weighted by atomic mass is 10.1. The van der Waals surface area contributed by atoms with Gasteiger partial charge in [0.1, 0.15) is 5.75 Å². The van der Waals surface area contributed by atoms with E-state index in [1.807, 2.05) is 26.0 Å². The van der Waals surface area contributed by atoms with Crippen molar-refractivity contribution in [1.29, 1.82) is 5.26 Å². The number of benzene rings is 1. The maximum atomic E-state index is 8.88. The van der Waals surface area contributed by atoms with Crippen molar-refractivity contribution in [2.75, 3.05) is 13.2 Å². The summed E-state index contributed by atoms with van der Waals surface area (Å²) in [6.45, 7) is 9.90. The molecule has 18 heavy (non-hydrogen) atoms. The molecule has 0 radical (unpaired) electrons. The predicted octanol–water partition coefficient (Wildman–Crippen LogP) is 2.94. The SMILES string of the molecule is Cc1cc(C#N)cc(C)c1OCCCNC(C)C. The third-order valence-electron chi connectivity index (χ3n) is 2.71. The van der Waals surface area contributed by atoms with E-state index in [1.165, 1.54) is 0 Å². The highest BCUT2D eigenvalue weighted by molar-refractivity contribution is 5.47. The van der Waals surface area contributed by atoms with Crippen molar-refractivity contribution in [3.05, 3.63) is 28.8 Å². The minimum atomic E-state index is 0.517. The first kappa shape index (κ1) is 14.5. The van der Waals surface area contributed by atoms with E-state index >= 15 is 0 Å². The van der Waals surface area contributed by atoms with E-state index in [1.54, 1.807) is 0 Å². The molecule has 0 aliphatic carbocycles. The molecule has 0 amide bonds. The summed E-state index contributed by atoms with van der Waals surface area (Å²) in [7, 11) is 0. The quantitative estimate of drug-likeness (QED) is 0.785. The summed E-state index contributed by atoms with van der Waals surface area (Å²) in [6.07, 6.45) is 0.983. The number of nitrogens with one attached hydrogen (secondary N) is 1. The Morgan fingerprint density at radius 1 is 1.28 bits per heavy atom. The van der Waals surface area contributed by atoms with Crippen LogP contribution in [0.3, 0.4) is 0 Å². The molecule has 0 fully saturated rings. The number of nitriles is 1. The lowest BCUT2D eigenvalue weighted by molar-refractivity contribution is 0.302. The molecule has 0 saturated carbocycles. The summed E-state index contributed by atoms with van der Waals surface area (Å²) >= 11 is 0. The predicted molar refractivity (Wildman–Crippen MR) is 73.9 cm³/mol. The molecule has 3 heteroatoms. The van der Waals surface area contributed by atoms with Crippen LogP contribution >= 0.6 is 0 Å². The lowest BCUT2D eigenvalue weighted by Crippen LogP contribution is -2.24. The molecule has 0 atom stereocenters. The smallest absolute Gasteiger partial charge is 0.125 e. The van der Waals surface area contributed by atoms with E-state index in [4.69, 9.17) is 10.00 Å². The Kier molecular flexibility index (Phi) is 5.67. The summed E-state index contributed by atoms with van der Waals surface area (Å²) in [4.78, 5) is 0. The van der Waals surface area contributed by atoms with Gasteiger partial charge < -0.3 is 10.1 Å². The summed E-state index contributed by atoms with van der Waals surface area (Å²) in [6, 6.07) is 6.42. The van der Waals surface area contributed by atoms with E-state index < -0.39 is 0 Å². The molecule has 1 N–H and O–H groups in total. The summed E-state index contributed by atoms with van der Waals surface area (Å²) in [5.41, 5.74) is 2.76. The van der Waals surface area contributed by atoms with Crippen molar-refractivity contribution in [3.8, 4) is 11.8 Å². The van der Waals surface area contributed by atoms with E-state index in [2.05, 4.69) is 25.2 Å². The van der Waals surface area contributed by atoms with E-state index in [0.717, 1.165) is 29.8 Å². The van der Waals surface area contributed by atoms with Gasteiger partial charge in [-0.15, -0.1) is 0 Å². The topological polar surface area (TPSA) is 45.0 Å². The van der Waals surface area contributed by atoms with Gasteiger partial charge in [0.2, 0.25) is 0 Å². The summed E-state index contributed by atoms with van der Waals surface area (Å²) in [5, 5.41) is 12.2. The largest absolute Gasteiger partial charge is 0.493 e. The fourth-order valence-electron chi connectivity index (χ4n) is 1.88. The van der Waals surface area contributed by atoms with Gasteiger partial charge in [0, 0.05) is 6.04 Å². The molecule has 1 aromatic carbocycles. The molecule has 3 nitrogen and oxygen atoms in total. The summed E-state index contributed by atoms with van der Waals surface area (Å²) < 4.78 is 5.80. The highest BCUT2D eigenvalue weighted by Gasteiger charge is 2.06. The molecule has 0 aromatic heterocycles. The van der Waals surface area contributed by atoms with Crippen molar-refractivity contribution in [1.82, 2.24) is 5.32 Å². The van der Waals surface area contributed by atoms with Gasteiger partial charge in [-0.25, -0.2) is 0 Å². The van der Waals surface area contributed by atoms with Crippen molar-refractivity contribution >= 4 is 0 Å². The zero-order chi connectivity index (χ0) is 13.5. The number of hydrogen-bond donors (Lipinski definition) is 1. The van der Waals surface area contributed by atoms with Crippen LogP contribution in [-0.4, -0.2) is 19.2 Å². The van der Waals surface area contributed by atoms with E-state index in [0.29, 0.717) is 18.2 Å². The third-order valence-corrected chi connectivity index (χ3v) is 2.71. The zero-order valence-corrected chi connectivity index (χ0v) is 11.7. The Morgan fingerprint density at radius 2 is 1.89 bits per heavy atom. The molecule has 0 unspecified atom stereocenters. The number of ether oxygens (including phenoxy) is 1. The van der Waals surface area contributed by atoms with Crippen LogP contribution in [0.5, 0.6) is 5.75 Å². The molecule has 1 rings (SSSR count). The molecule has 0 saturated heterocycles. The molecule has 98 valence electrons. The van der Waals surface area contributed by atoms with Crippen LogP contribution in [0.25, 0.3) is 0 Å². The fourth-order valence-corrected chi connectivity index (χ4v) is 1.88. The second-order valence-corrected chi connectivity index (χ2v) is 4.86. The van der Waals surface area contributed by atoms with Crippen LogP contribution in [0.1, 0.15) is 37.0 Å². The van der Waals surface area contributed by atoms with Gasteiger partial charge in [0.15, 0.2) is 0 Å². The Morgan fingerprint density at radius 3 is 2.39 bits per heavy atom. The van der Waals surface area contributed by atoms with Crippen molar-refractivity contribution in [3.63, 3.8) is 0 Å². The minimum Gasteiger partial charge on any atom is -0.493 e. The fraction of sp³-hybridized carbons (Fsp3) is 0.533. The van der Waals surface area contributed by atoms with Gasteiger partial charge in [-0.1, -0.05) is 13.8 Å². The first-order valence-corrected chi connectivity index (χ1v) is 6.42. The van der Waals surface area contributed by atoms with Crippen molar-refractivity contribution < 1.29 is 4.74 Å². The molecule has 0 heterocycles. The average Bonchev–Trinajstić information content (AvgIpc) is 2.31. The van der Waals surface area contributed by atoms with Crippen LogP contribution < -0.4 is 10.1 Å². The standard InChI is InChI=1S/C15H22N2O/c1-11(2)17-6-5-7-18-15-12(3)8-14(10-16)9-13(15)4/h8-9,11,17H,5-7H2,1-4H3. The van der Waals surface area contributed by atoms with Crippen LogP contribution in [0.2, 0.25) is 0 Å². The van der Waals surface area contributed by atoms with E-state index in [-0.39, 0.29) is 0 Å². The molecular formula is C15H22N2O. The highest BCUT2D eigenvalue weighted by Crippen LogP contribution is 2.24. The molecular weight excluding hydrogens is 224 g/mol. The summed E-state index contributed by atoms with van der Waals surface area (Å²) in [5.74, 6) is 0.915. The minimum absolute atomic E-state index is 0.517. The number of nitrogens with zero attached hydrogens (tertiary/aromatic N) is 1. The average molecular weight is 246 g/mol. The first-order valence-electron chi connectivity index (χ1n) is 6.42. The highest BCUT2D eigenvalue weighted by atomic mass is 16.5. The maximum absolute atomic E-state index is 8.88. The van der Waals surface area contributed by atoms with Crippen molar-refractivity contribution in [2.45, 2.75) is 40.2 Å². The number of aryl methyl sites for hydroxylation is 2. The maximum Gasteiger partial charge on any atom is 0.125 e. The molecule has 0 aliphatic rings. The monoisotopic (exact) mass is 246 g/mol. The lowest BCUT2D eigenvalue weighted by Gasteiger charge is -2.13. The molecule has 0 aliphatic heterocycles. The van der Waals surface area contributed by atoms with Crippen LogP contribution in [0.4, 0.5) is 0 Å². The second-order valence-electron chi connectivity index (χ2n) is 4.86. The van der Waals surface area contributed by atoms with Crippen LogP contribution in [-0.2, 0) is 0 Å². The van der Waals surface area contributed by atoms with Gasteiger partial charge in [-0.2, -0.15) is 5.26 Å².